The molecule has 434 valence electrons. The van der Waals surface area contributed by atoms with E-state index >= 15 is 0 Å². The maximum absolute atomic E-state index is 9.79. The summed E-state index contributed by atoms with van der Waals surface area (Å²) in [6, 6.07) is 83.7. The highest BCUT2D eigenvalue weighted by Crippen LogP contribution is 2.57. The van der Waals surface area contributed by atoms with Crippen molar-refractivity contribution < 1.29 is 11.0 Å². The molecule has 0 atom stereocenters. The Labute approximate surface area is 552 Å². The fourth-order valence-corrected chi connectivity index (χ4v) is 16.4. The molecule has 0 saturated carbocycles. The van der Waals surface area contributed by atoms with E-state index in [4.69, 9.17) is 2.74 Å². The zero-order valence-corrected chi connectivity index (χ0v) is 52.9. The highest BCUT2D eigenvalue weighted by molar-refractivity contribution is 7.26. The van der Waals surface area contributed by atoms with Crippen molar-refractivity contribution >= 4 is 120 Å². The van der Waals surface area contributed by atoms with Gasteiger partial charge in [-0.1, -0.05) is 260 Å². The first-order valence-corrected chi connectivity index (χ1v) is 32.8. The summed E-state index contributed by atoms with van der Waals surface area (Å²) in [7, 11) is 0. The Morgan fingerprint density at radius 1 is 0.319 bits per heavy atom. The first-order valence-electron chi connectivity index (χ1n) is 35.2. The van der Waals surface area contributed by atoms with Crippen molar-refractivity contribution in [1.82, 2.24) is 0 Å². The van der Waals surface area contributed by atoms with Gasteiger partial charge in [0.1, 0.15) is 0 Å². The molecule has 5 heteroatoms. The third-order valence-corrected chi connectivity index (χ3v) is 20.8. The molecule has 2 aromatic heterocycles. The number of rotatable bonds is 8. The van der Waals surface area contributed by atoms with E-state index in [1.807, 2.05) is 24.3 Å². The van der Waals surface area contributed by atoms with Crippen LogP contribution < -0.4 is 26.2 Å². The number of para-hydroxylation sites is 2. The summed E-state index contributed by atoms with van der Waals surface area (Å²) in [5.74, 6) is 0. The summed E-state index contributed by atoms with van der Waals surface area (Å²) in [5.41, 5.74) is 22.1. The molecule has 2 nitrogen and oxygen atoms in total. The Morgan fingerprint density at radius 2 is 0.758 bits per heavy atom. The lowest BCUT2D eigenvalue weighted by Gasteiger charge is -2.46. The molecular weight excluding hydrogens is 1140 g/mol. The fourth-order valence-electron chi connectivity index (χ4n) is 14.3. The van der Waals surface area contributed by atoms with Crippen LogP contribution in [0.25, 0.3) is 107 Å². The Morgan fingerprint density at radius 3 is 1.32 bits per heavy atom. The van der Waals surface area contributed by atoms with E-state index in [0.717, 1.165) is 132 Å². The van der Waals surface area contributed by atoms with Gasteiger partial charge in [-0.15, -0.1) is 22.7 Å². The summed E-state index contributed by atoms with van der Waals surface area (Å²) in [6.45, 7) is 13.2. The van der Waals surface area contributed by atoms with Gasteiger partial charge in [0.25, 0.3) is 6.71 Å². The molecule has 0 unspecified atom stereocenters. The normalized spacial score (nSPS) is 14.1. The monoisotopic (exact) mass is 1210 g/mol. The summed E-state index contributed by atoms with van der Waals surface area (Å²) < 4.78 is 77.4. The van der Waals surface area contributed by atoms with Crippen LogP contribution in [-0.2, 0) is 10.8 Å². The van der Waals surface area contributed by atoms with Gasteiger partial charge in [0, 0.05) is 85.3 Å². The minimum absolute atomic E-state index is 0.0810. The molecule has 0 N–H and O–H groups in total. The predicted octanol–water partition coefficient (Wildman–Crippen LogP) is 23.1. The van der Waals surface area contributed by atoms with Crippen molar-refractivity contribution in [1.29, 1.82) is 0 Å². The number of benzene rings is 13. The fraction of sp³-hybridized carbons (Fsp3) is 0.0930. The number of thiophene rings is 2. The molecule has 0 fully saturated rings. The quantitative estimate of drug-likeness (QED) is 0.140. The molecule has 4 heterocycles. The Kier molecular flexibility index (Phi) is 11.0. The second-order valence-corrected chi connectivity index (χ2v) is 28.2. The van der Waals surface area contributed by atoms with Gasteiger partial charge in [-0.3, -0.25) is 0 Å². The van der Waals surface area contributed by atoms with Crippen molar-refractivity contribution in [2.75, 3.05) is 9.80 Å². The minimum Gasteiger partial charge on any atom is -0.310 e. The SMILES string of the molecule is [2H]c1c([2H])c([2H])c2c(sc3cccc(-c4cc(C(C)(C)C)cc(-c5cccc6sc7c([2H])c([2H])c([2H])c([2H])c7c56)c4N4c5ccccc5B5c6ccc(C(C)(C)C)cc6N(c6c(-c7ccccc7)cccc6-c6ccccc6)c6cc(-c7cccc(-c8ccccc8)c7)cc4c65)c32)c1[2H]. The molecule has 0 amide bonds. The van der Waals surface area contributed by atoms with Crippen LogP contribution in [-0.4, -0.2) is 6.71 Å². The van der Waals surface area contributed by atoms with Gasteiger partial charge in [-0.25, -0.2) is 0 Å². The van der Waals surface area contributed by atoms with Crippen molar-refractivity contribution in [2.45, 2.75) is 52.4 Å². The average molecular weight is 1210 g/mol. The Hall–Kier alpha value is -10.0. The van der Waals surface area contributed by atoms with Crippen molar-refractivity contribution in [2.24, 2.45) is 0 Å². The number of hydrogen-bond donors (Lipinski definition) is 0. The van der Waals surface area contributed by atoms with Crippen LogP contribution in [0.5, 0.6) is 0 Å². The van der Waals surface area contributed by atoms with Crippen LogP contribution in [0, 0.1) is 0 Å². The van der Waals surface area contributed by atoms with Gasteiger partial charge >= 0.3 is 0 Å². The van der Waals surface area contributed by atoms with E-state index < -0.39 is 5.41 Å². The molecule has 0 bridgehead atoms. The molecule has 0 radical (unpaired) electrons. The lowest BCUT2D eigenvalue weighted by Crippen LogP contribution is -2.61. The smallest absolute Gasteiger partial charge is 0.252 e. The highest BCUT2D eigenvalue weighted by Gasteiger charge is 2.46. The maximum atomic E-state index is 9.79. The van der Waals surface area contributed by atoms with Crippen LogP contribution >= 0.6 is 22.7 Å². The van der Waals surface area contributed by atoms with Gasteiger partial charge in [0.15, 0.2) is 0 Å². The van der Waals surface area contributed by atoms with Crippen molar-refractivity contribution in [3.63, 3.8) is 0 Å². The summed E-state index contributed by atoms with van der Waals surface area (Å²) in [6.07, 6.45) is 0. The Balaban J connectivity index is 1.09. The number of anilines is 6. The van der Waals surface area contributed by atoms with Crippen LogP contribution in [0.1, 0.15) is 63.6 Å². The molecule has 0 spiro atoms. The van der Waals surface area contributed by atoms with E-state index in [0.29, 0.717) is 30.9 Å². The molecule has 15 aromatic rings. The molecule has 17 rings (SSSR count). The van der Waals surface area contributed by atoms with E-state index in [1.165, 1.54) is 28.2 Å². The zero-order valence-electron chi connectivity index (χ0n) is 59.3. The van der Waals surface area contributed by atoms with Gasteiger partial charge < -0.3 is 9.80 Å². The molecule has 0 saturated heterocycles. The average Bonchev–Trinajstić information content (AvgIpc) is 1.24. The number of nitrogens with zero attached hydrogens (tertiary/aromatic N) is 2. The van der Waals surface area contributed by atoms with Gasteiger partial charge in [-0.05, 0) is 150 Å². The largest absolute Gasteiger partial charge is 0.310 e. The Bertz CT molecular complexity index is 5680. The topological polar surface area (TPSA) is 6.48 Å². The second-order valence-electron chi connectivity index (χ2n) is 26.1. The highest BCUT2D eigenvalue weighted by atomic mass is 32.1. The molecule has 0 aliphatic carbocycles. The molecular formula is C86H65BN2S2. The maximum Gasteiger partial charge on any atom is 0.252 e. The van der Waals surface area contributed by atoms with Crippen LogP contribution in [0.3, 0.4) is 0 Å². The molecule has 2 aliphatic rings. The van der Waals surface area contributed by atoms with Crippen LogP contribution in [0.4, 0.5) is 34.1 Å². The van der Waals surface area contributed by atoms with Gasteiger partial charge in [0.2, 0.25) is 0 Å². The lowest BCUT2D eigenvalue weighted by atomic mass is 9.33. The van der Waals surface area contributed by atoms with Crippen molar-refractivity contribution in [3.05, 3.63) is 296 Å². The summed E-state index contributed by atoms with van der Waals surface area (Å²) in [5, 5.41) is 2.34. The van der Waals surface area contributed by atoms with Crippen LogP contribution in [0.2, 0.25) is 0 Å². The summed E-state index contributed by atoms with van der Waals surface area (Å²) in [4.78, 5) is 5.05. The molecule has 2 aliphatic heterocycles. The standard InChI is InChI=1S/C86H65BN2S2/c1-85(2,3)60-46-47-71-73(53-60)89(83-62(55-28-12-8-13-29-55)36-23-37-63(83)56-30-14-9-15-31-56)75-50-59(58-33-22-32-57(48-58)54-26-10-7-11-27-54)49-74-82(75)87(71)70-40-18-19-41-72(70)88(74)84-68(64-38-24-44-78-80(64)66-34-16-20-42-76(66)90-78)51-61(86(4,5)6)52-69(84)65-39-25-45-79-81(65)67-35-17-21-43-77(67)91-79/h7-53H,1-6H3/i16D,17D,20D,21D,34D,35D,42D,43D. The third-order valence-electron chi connectivity index (χ3n) is 18.6. The van der Waals surface area contributed by atoms with Crippen molar-refractivity contribution in [3.8, 4) is 66.8 Å². The van der Waals surface area contributed by atoms with E-state index in [-0.39, 0.29) is 60.5 Å². The third kappa shape index (κ3) is 9.03. The number of fused-ring (bicyclic) bond motifs is 10. The van der Waals surface area contributed by atoms with E-state index in [9.17, 15) is 8.22 Å². The molecule has 13 aromatic carbocycles. The minimum atomic E-state index is -0.490. The van der Waals surface area contributed by atoms with Crippen LogP contribution in [0.15, 0.2) is 285 Å². The van der Waals surface area contributed by atoms with Gasteiger partial charge in [-0.2, -0.15) is 0 Å². The first kappa shape index (κ1) is 47.0. The van der Waals surface area contributed by atoms with E-state index in [1.54, 1.807) is 0 Å². The lowest BCUT2D eigenvalue weighted by molar-refractivity contribution is 0.590. The van der Waals surface area contributed by atoms with E-state index in [2.05, 4.69) is 264 Å². The summed E-state index contributed by atoms with van der Waals surface area (Å²) >= 11 is 2.75. The van der Waals surface area contributed by atoms with Gasteiger partial charge in [0.05, 0.1) is 22.3 Å². The zero-order chi connectivity index (χ0) is 68.2. The second kappa shape index (κ2) is 21.3. The number of hydrogen-bond acceptors (Lipinski definition) is 4. The predicted molar refractivity (Wildman–Crippen MR) is 396 cm³/mol. The first-order chi connectivity index (χ1) is 47.7. The molecule has 91 heavy (non-hydrogen) atoms.